The van der Waals surface area contributed by atoms with Gasteiger partial charge < -0.3 is 9.63 Å². The summed E-state index contributed by atoms with van der Waals surface area (Å²) in [7, 11) is 0. The third-order valence-corrected chi connectivity index (χ3v) is 2.27. The van der Waals surface area contributed by atoms with Crippen LogP contribution in [0.25, 0.3) is 11.5 Å². The first-order valence-corrected chi connectivity index (χ1v) is 5.15. The van der Waals surface area contributed by atoms with Gasteiger partial charge in [0, 0.05) is 17.5 Å². The molecule has 0 bridgehead atoms. The molecular weight excluding hydrogens is 206 g/mol. The van der Waals surface area contributed by atoms with Crippen LogP contribution in [0.1, 0.15) is 31.0 Å². The number of hydrogen-bond donors (Lipinski definition) is 1. The van der Waals surface area contributed by atoms with E-state index in [-0.39, 0.29) is 0 Å². The molecule has 2 heterocycles. The highest BCUT2D eigenvalue weighted by Crippen LogP contribution is 2.20. The van der Waals surface area contributed by atoms with Crippen LogP contribution >= 0.6 is 0 Å². The van der Waals surface area contributed by atoms with E-state index < -0.39 is 6.10 Å². The fourth-order valence-corrected chi connectivity index (χ4v) is 1.35. The highest BCUT2D eigenvalue weighted by Gasteiger charge is 2.14. The number of pyridine rings is 1. The smallest absolute Gasteiger partial charge is 0.258 e. The van der Waals surface area contributed by atoms with E-state index >= 15 is 0 Å². The van der Waals surface area contributed by atoms with Gasteiger partial charge in [0.1, 0.15) is 6.10 Å². The van der Waals surface area contributed by atoms with Gasteiger partial charge in [-0.3, -0.25) is 4.98 Å². The van der Waals surface area contributed by atoms with Crippen molar-refractivity contribution >= 4 is 0 Å². The van der Waals surface area contributed by atoms with Crippen molar-refractivity contribution in [3.8, 4) is 11.5 Å². The molecule has 2 aromatic rings. The Balaban J connectivity index is 2.31. The van der Waals surface area contributed by atoms with Crippen LogP contribution in [0.5, 0.6) is 0 Å². The first-order valence-electron chi connectivity index (χ1n) is 5.15. The molecule has 1 N–H and O–H groups in total. The van der Waals surface area contributed by atoms with E-state index in [1.54, 1.807) is 12.3 Å². The molecule has 5 heteroatoms. The molecule has 0 saturated carbocycles. The molecule has 0 fully saturated rings. The number of nitrogens with zero attached hydrogens (tertiary/aromatic N) is 3. The summed E-state index contributed by atoms with van der Waals surface area (Å²) in [5.41, 5.74) is 1.70. The third-order valence-electron chi connectivity index (χ3n) is 2.27. The summed E-state index contributed by atoms with van der Waals surface area (Å²) in [6.07, 6.45) is 1.58. The lowest BCUT2D eigenvalue weighted by Crippen LogP contribution is -1.97. The van der Waals surface area contributed by atoms with Crippen molar-refractivity contribution in [1.82, 2.24) is 15.1 Å². The number of aromatic nitrogens is 3. The monoisotopic (exact) mass is 219 g/mol. The van der Waals surface area contributed by atoms with Gasteiger partial charge in [0.2, 0.25) is 5.82 Å². The van der Waals surface area contributed by atoms with E-state index in [2.05, 4.69) is 15.1 Å². The molecule has 1 atom stereocenters. The minimum atomic E-state index is -0.666. The van der Waals surface area contributed by atoms with Crippen molar-refractivity contribution in [3.05, 3.63) is 29.8 Å². The van der Waals surface area contributed by atoms with Crippen molar-refractivity contribution in [3.63, 3.8) is 0 Å². The van der Waals surface area contributed by atoms with Gasteiger partial charge in [-0.15, -0.1) is 0 Å². The normalized spacial score (nSPS) is 12.7. The largest absolute Gasteiger partial charge is 0.385 e. The zero-order chi connectivity index (χ0) is 11.5. The maximum atomic E-state index is 9.55. The van der Waals surface area contributed by atoms with Gasteiger partial charge in [-0.1, -0.05) is 12.1 Å². The Bertz CT molecular complexity index is 482. The maximum Gasteiger partial charge on any atom is 0.258 e. The van der Waals surface area contributed by atoms with Crippen LogP contribution in [-0.4, -0.2) is 20.2 Å². The summed E-state index contributed by atoms with van der Waals surface area (Å²) in [4.78, 5) is 8.22. The van der Waals surface area contributed by atoms with Crippen LogP contribution < -0.4 is 0 Å². The number of aryl methyl sites for hydroxylation is 1. The first-order chi connectivity index (χ1) is 7.70. The van der Waals surface area contributed by atoms with Gasteiger partial charge in [0.25, 0.3) is 5.89 Å². The minimum absolute atomic E-state index is 0.326. The summed E-state index contributed by atoms with van der Waals surface area (Å²) >= 11 is 0. The second-order valence-corrected chi connectivity index (χ2v) is 3.57. The van der Waals surface area contributed by atoms with Crippen LogP contribution in [-0.2, 0) is 0 Å². The summed E-state index contributed by atoms with van der Waals surface area (Å²) < 4.78 is 5.08. The van der Waals surface area contributed by atoms with E-state index in [9.17, 15) is 5.11 Å². The zero-order valence-electron chi connectivity index (χ0n) is 9.21. The molecule has 16 heavy (non-hydrogen) atoms. The number of hydrogen-bond acceptors (Lipinski definition) is 5. The Morgan fingerprint density at radius 2 is 2.31 bits per heavy atom. The van der Waals surface area contributed by atoms with Gasteiger partial charge in [-0.2, -0.15) is 4.98 Å². The van der Waals surface area contributed by atoms with Crippen LogP contribution in [0.15, 0.2) is 22.9 Å². The Kier molecular flexibility index (Phi) is 2.96. The summed E-state index contributed by atoms with van der Waals surface area (Å²) in [6.45, 7) is 3.75. The maximum absolute atomic E-state index is 9.55. The minimum Gasteiger partial charge on any atom is -0.385 e. The summed E-state index contributed by atoms with van der Waals surface area (Å²) in [5, 5.41) is 13.3. The second kappa shape index (κ2) is 4.40. The number of aliphatic hydroxyl groups is 1. The standard InChI is InChI=1S/C11H13N3O2/c1-3-9(15)10-13-11(16-14-10)8-4-5-12-7(2)6-8/h4-6,9,15H,3H2,1-2H3. The highest BCUT2D eigenvalue weighted by molar-refractivity contribution is 5.52. The lowest BCUT2D eigenvalue weighted by atomic mass is 10.2. The molecule has 0 aliphatic carbocycles. The summed E-state index contributed by atoms with van der Waals surface area (Å²) in [5.74, 6) is 0.736. The Morgan fingerprint density at radius 3 is 3.00 bits per heavy atom. The van der Waals surface area contributed by atoms with Crippen molar-refractivity contribution < 1.29 is 9.63 Å². The zero-order valence-corrected chi connectivity index (χ0v) is 9.21. The topological polar surface area (TPSA) is 72.0 Å². The van der Waals surface area contributed by atoms with Crippen molar-refractivity contribution in [2.45, 2.75) is 26.4 Å². The van der Waals surface area contributed by atoms with E-state index in [1.165, 1.54) is 0 Å². The predicted octanol–water partition coefficient (Wildman–Crippen LogP) is 1.88. The van der Waals surface area contributed by atoms with Gasteiger partial charge in [-0.25, -0.2) is 0 Å². The average Bonchev–Trinajstić information content (AvgIpc) is 2.77. The van der Waals surface area contributed by atoms with Crippen LogP contribution in [0.3, 0.4) is 0 Å². The predicted molar refractivity (Wildman–Crippen MR) is 57.5 cm³/mol. The van der Waals surface area contributed by atoms with Crippen molar-refractivity contribution in [2.24, 2.45) is 0 Å². The van der Waals surface area contributed by atoms with E-state index in [0.717, 1.165) is 11.3 Å². The quantitative estimate of drug-likeness (QED) is 0.853. The third kappa shape index (κ3) is 2.09. The molecule has 84 valence electrons. The Morgan fingerprint density at radius 1 is 1.50 bits per heavy atom. The molecule has 0 spiro atoms. The van der Waals surface area contributed by atoms with Crippen LogP contribution in [0.4, 0.5) is 0 Å². The molecule has 0 saturated heterocycles. The molecule has 5 nitrogen and oxygen atoms in total. The molecule has 2 aromatic heterocycles. The molecule has 0 aliphatic heterocycles. The van der Waals surface area contributed by atoms with E-state index in [1.807, 2.05) is 19.9 Å². The fourth-order valence-electron chi connectivity index (χ4n) is 1.35. The number of rotatable bonds is 3. The second-order valence-electron chi connectivity index (χ2n) is 3.57. The SMILES string of the molecule is CCC(O)c1noc(-c2ccnc(C)c2)n1. The van der Waals surface area contributed by atoms with Crippen LogP contribution in [0, 0.1) is 6.92 Å². The molecular formula is C11H13N3O2. The van der Waals surface area contributed by atoms with Crippen molar-refractivity contribution in [2.75, 3.05) is 0 Å². The Labute approximate surface area is 93.1 Å². The van der Waals surface area contributed by atoms with Crippen molar-refractivity contribution in [1.29, 1.82) is 0 Å². The molecule has 1 unspecified atom stereocenters. The van der Waals surface area contributed by atoms with Gasteiger partial charge in [0.05, 0.1) is 0 Å². The van der Waals surface area contributed by atoms with Gasteiger partial charge in [0.15, 0.2) is 0 Å². The average molecular weight is 219 g/mol. The van der Waals surface area contributed by atoms with E-state index in [0.29, 0.717) is 18.1 Å². The van der Waals surface area contributed by atoms with Crippen LogP contribution in [0.2, 0.25) is 0 Å². The summed E-state index contributed by atoms with van der Waals surface area (Å²) in [6, 6.07) is 3.65. The fraction of sp³-hybridized carbons (Fsp3) is 0.364. The molecule has 0 radical (unpaired) electrons. The molecule has 2 rings (SSSR count). The lowest BCUT2D eigenvalue weighted by Gasteiger charge is -1.98. The first kappa shape index (κ1) is 10.8. The lowest BCUT2D eigenvalue weighted by molar-refractivity contribution is 0.159. The molecule has 0 aliphatic rings. The molecule has 0 aromatic carbocycles. The molecule has 0 amide bonds. The van der Waals surface area contributed by atoms with Gasteiger partial charge >= 0.3 is 0 Å². The highest BCUT2D eigenvalue weighted by atomic mass is 16.5. The van der Waals surface area contributed by atoms with E-state index in [4.69, 9.17) is 4.52 Å². The number of aliphatic hydroxyl groups excluding tert-OH is 1. The van der Waals surface area contributed by atoms with Gasteiger partial charge in [-0.05, 0) is 25.5 Å². The Hall–Kier alpha value is -1.75.